The summed E-state index contributed by atoms with van der Waals surface area (Å²) in [4.78, 5) is 11.1. The number of carbonyl (C=O) groups is 1. The van der Waals surface area contributed by atoms with Crippen LogP contribution in [0.2, 0.25) is 5.02 Å². The molecule has 0 fully saturated rings. The van der Waals surface area contributed by atoms with Gasteiger partial charge >= 0.3 is 12.1 Å². The van der Waals surface area contributed by atoms with Crippen molar-refractivity contribution in [1.82, 2.24) is 0 Å². The number of fused-ring (bicyclic) bond motifs is 1. The molecule has 7 heteroatoms. The maximum absolute atomic E-state index is 13.0. The van der Waals surface area contributed by atoms with Crippen LogP contribution in [0.1, 0.15) is 45.2 Å². The molecule has 0 bridgehead atoms. The van der Waals surface area contributed by atoms with Gasteiger partial charge in [0, 0.05) is 10.6 Å². The molecule has 1 aromatic rings. The summed E-state index contributed by atoms with van der Waals surface area (Å²) in [5.41, 5.74) is 0.0735. The molecule has 1 aliphatic heterocycles. The smallest absolute Gasteiger partial charge is 0.430 e. The van der Waals surface area contributed by atoms with E-state index in [2.05, 4.69) is 0 Å². The van der Waals surface area contributed by atoms with Crippen LogP contribution in [0, 0.1) is 5.92 Å². The van der Waals surface area contributed by atoms with Crippen molar-refractivity contribution in [1.29, 1.82) is 0 Å². The summed E-state index contributed by atoms with van der Waals surface area (Å²) in [7, 11) is 0. The first-order valence-electron chi connectivity index (χ1n) is 8.10. The lowest BCUT2D eigenvalue weighted by Crippen LogP contribution is -2.40. The fraction of sp³-hybridized carbons (Fsp3) is 0.500. The van der Waals surface area contributed by atoms with Crippen LogP contribution in [-0.2, 0) is 11.2 Å². The van der Waals surface area contributed by atoms with Gasteiger partial charge in [-0.05, 0) is 42.5 Å². The van der Waals surface area contributed by atoms with E-state index in [-0.39, 0.29) is 11.3 Å². The van der Waals surface area contributed by atoms with E-state index in [1.165, 1.54) is 12.1 Å². The van der Waals surface area contributed by atoms with E-state index in [9.17, 15) is 18.0 Å². The normalized spacial score (nSPS) is 16.4. The largest absolute Gasteiger partial charge is 0.478 e. The molecule has 0 aromatic heterocycles. The Kier molecular flexibility index (Phi) is 7.35. The van der Waals surface area contributed by atoms with Crippen LogP contribution in [0.4, 0.5) is 13.2 Å². The summed E-state index contributed by atoms with van der Waals surface area (Å²) in [6, 6.07) is 2.91. The first kappa shape index (κ1) is 21.4. The lowest BCUT2D eigenvalue weighted by molar-refractivity contribution is -0.187. The number of ether oxygens (including phenoxy) is 1. The summed E-state index contributed by atoms with van der Waals surface area (Å²) in [6.45, 7) is 8.06. The van der Waals surface area contributed by atoms with E-state index in [0.717, 1.165) is 12.5 Å². The maximum Gasteiger partial charge on any atom is 0.430 e. The first-order valence-corrected chi connectivity index (χ1v) is 8.48. The summed E-state index contributed by atoms with van der Waals surface area (Å²) in [5, 5.41) is 9.37. The van der Waals surface area contributed by atoms with Crippen LogP contribution in [0.5, 0.6) is 5.75 Å². The number of benzene rings is 1. The van der Waals surface area contributed by atoms with Gasteiger partial charge in [-0.15, -0.1) is 0 Å². The van der Waals surface area contributed by atoms with Gasteiger partial charge in [-0.25, -0.2) is 4.79 Å². The first-order chi connectivity index (χ1) is 11.6. The number of rotatable bonds is 4. The highest BCUT2D eigenvalue weighted by atomic mass is 35.5. The molecule has 25 heavy (non-hydrogen) atoms. The monoisotopic (exact) mass is 378 g/mol. The minimum atomic E-state index is -4.81. The van der Waals surface area contributed by atoms with Gasteiger partial charge in [-0.2, -0.15) is 13.2 Å². The van der Waals surface area contributed by atoms with Crippen LogP contribution in [0.25, 0.3) is 6.08 Å². The van der Waals surface area contributed by atoms with Crippen molar-refractivity contribution in [3.63, 3.8) is 0 Å². The molecular formula is C18H22ClF3O3. The third-order valence-electron chi connectivity index (χ3n) is 3.55. The molecule has 0 saturated carbocycles. The molecular weight excluding hydrogens is 357 g/mol. The molecule has 0 radical (unpaired) electrons. The second kappa shape index (κ2) is 8.61. The number of halogens is 4. The molecule has 3 nitrogen and oxygen atoms in total. The molecule has 1 N–H and O–H groups in total. The highest BCUT2D eigenvalue weighted by Crippen LogP contribution is 2.39. The topological polar surface area (TPSA) is 46.5 Å². The summed E-state index contributed by atoms with van der Waals surface area (Å²) in [6.07, 6.45) is -4.87. The molecule has 0 spiro atoms. The van der Waals surface area contributed by atoms with Crippen molar-refractivity contribution in [3.8, 4) is 5.75 Å². The Morgan fingerprint density at radius 2 is 1.92 bits per heavy atom. The lowest BCUT2D eigenvalue weighted by atomic mass is 9.97. The average Bonchev–Trinajstić information content (AvgIpc) is 2.52. The van der Waals surface area contributed by atoms with Gasteiger partial charge in [0.25, 0.3) is 0 Å². The Labute approximate surface area is 150 Å². The van der Waals surface area contributed by atoms with Gasteiger partial charge in [0.1, 0.15) is 5.75 Å². The summed E-state index contributed by atoms with van der Waals surface area (Å²) < 4.78 is 44.0. The van der Waals surface area contributed by atoms with Crippen molar-refractivity contribution < 1.29 is 27.8 Å². The van der Waals surface area contributed by atoms with Crippen LogP contribution in [0.15, 0.2) is 17.7 Å². The Balaban J connectivity index is 0.00000151. The number of aryl methyl sites for hydroxylation is 1. The second-order valence-corrected chi connectivity index (χ2v) is 6.27. The third-order valence-corrected chi connectivity index (χ3v) is 3.90. The van der Waals surface area contributed by atoms with Crippen LogP contribution < -0.4 is 4.74 Å². The highest BCUT2D eigenvalue weighted by Gasteiger charge is 2.48. The SMILES string of the molecule is CC.CC(C)CCc1cc2c(cc1Cl)C=C(C(=O)O)C(C(F)(F)F)O2. The van der Waals surface area contributed by atoms with Gasteiger partial charge < -0.3 is 9.84 Å². The standard InChI is InChI=1S/C16H16ClF3O3.C2H6/c1-8(2)3-4-9-7-13-10(6-12(9)17)5-11(15(21)22)14(23-13)16(18,19)20;1-2/h5-8,14H,3-4H2,1-2H3,(H,21,22);1-2H3. The zero-order valence-electron chi connectivity index (χ0n) is 14.6. The van der Waals surface area contributed by atoms with Crippen LogP contribution in [0.3, 0.4) is 0 Å². The fourth-order valence-electron chi connectivity index (χ4n) is 2.31. The number of aliphatic carboxylic acids is 1. The predicted octanol–water partition coefficient (Wildman–Crippen LogP) is 5.75. The lowest BCUT2D eigenvalue weighted by Gasteiger charge is -2.27. The van der Waals surface area contributed by atoms with Crippen molar-refractivity contribution in [2.24, 2.45) is 5.92 Å². The number of carboxylic acid groups (broad SMARTS) is 1. The van der Waals surface area contributed by atoms with Crippen LogP contribution in [-0.4, -0.2) is 23.4 Å². The van der Waals surface area contributed by atoms with Gasteiger partial charge in [0.2, 0.25) is 6.10 Å². The number of alkyl halides is 3. The van der Waals surface area contributed by atoms with E-state index in [4.69, 9.17) is 21.4 Å². The molecule has 2 rings (SSSR count). The molecule has 0 amide bonds. The third kappa shape index (κ3) is 5.39. The summed E-state index contributed by atoms with van der Waals surface area (Å²) >= 11 is 6.14. The summed E-state index contributed by atoms with van der Waals surface area (Å²) in [5.74, 6) is -1.25. The van der Waals surface area contributed by atoms with Gasteiger partial charge in [-0.3, -0.25) is 0 Å². The number of carboxylic acids is 1. The van der Waals surface area contributed by atoms with Gasteiger partial charge in [0.15, 0.2) is 0 Å². The molecule has 1 atom stereocenters. The minimum Gasteiger partial charge on any atom is -0.478 e. The van der Waals surface area contributed by atoms with E-state index in [0.29, 0.717) is 22.9 Å². The predicted molar refractivity (Wildman–Crippen MR) is 92.0 cm³/mol. The Morgan fingerprint density at radius 1 is 1.32 bits per heavy atom. The number of hydrogen-bond donors (Lipinski definition) is 1. The Bertz CT molecular complexity index is 652. The second-order valence-electron chi connectivity index (χ2n) is 5.86. The van der Waals surface area contributed by atoms with E-state index in [1.54, 1.807) is 0 Å². The Morgan fingerprint density at radius 3 is 2.40 bits per heavy atom. The highest BCUT2D eigenvalue weighted by molar-refractivity contribution is 6.31. The zero-order valence-corrected chi connectivity index (χ0v) is 15.3. The molecule has 0 saturated heterocycles. The van der Waals surface area contributed by atoms with Crippen LogP contribution >= 0.6 is 11.6 Å². The molecule has 1 aromatic carbocycles. The molecule has 1 unspecified atom stereocenters. The molecule has 0 aliphatic carbocycles. The Hall–Kier alpha value is -1.69. The van der Waals surface area contributed by atoms with Gasteiger partial charge in [-0.1, -0.05) is 39.3 Å². The van der Waals surface area contributed by atoms with Crippen molar-refractivity contribution in [2.45, 2.75) is 52.8 Å². The van der Waals surface area contributed by atoms with E-state index >= 15 is 0 Å². The molecule has 1 heterocycles. The minimum absolute atomic E-state index is 0.000445. The quantitative estimate of drug-likeness (QED) is 0.726. The molecule has 140 valence electrons. The number of hydrogen-bond acceptors (Lipinski definition) is 2. The van der Waals surface area contributed by atoms with E-state index < -0.39 is 23.8 Å². The molecule has 1 aliphatic rings. The fourth-order valence-corrected chi connectivity index (χ4v) is 2.58. The van der Waals surface area contributed by atoms with Crippen molar-refractivity contribution in [2.75, 3.05) is 0 Å². The zero-order chi connectivity index (χ0) is 19.4. The van der Waals surface area contributed by atoms with Crippen molar-refractivity contribution >= 4 is 23.6 Å². The van der Waals surface area contributed by atoms with Gasteiger partial charge in [0.05, 0.1) is 5.57 Å². The maximum atomic E-state index is 13.0. The van der Waals surface area contributed by atoms with Crippen molar-refractivity contribution in [3.05, 3.63) is 33.9 Å². The van der Waals surface area contributed by atoms with E-state index in [1.807, 2.05) is 27.7 Å². The average molecular weight is 379 g/mol.